The summed E-state index contributed by atoms with van der Waals surface area (Å²) in [6, 6.07) is 10.4. The van der Waals surface area contributed by atoms with Gasteiger partial charge in [-0.25, -0.2) is 0 Å². The fourth-order valence-corrected chi connectivity index (χ4v) is 3.71. The molecule has 0 aromatic heterocycles. The second kappa shape index (κ2) is 8.10. The Morgan fingerprint density at radius 3 is 2.75 bits per heavy atom. The summed E-state index contributed by atoms with van der Waals surface area (Å²) in [5.74, 6) is 0.101. The number of aliphatic hydroxyl groups excluding tert-OH is 1. The van der Waals surface area contributed by atoms with Crippen LogP contribution >= 0.6 is 0 Å². The minimum absolute atomic E-state index is 0.0144. The smallest absolute Gasteiger partial charge is 0.249 e. The first kappa shape index (κ1) is 17.4. The Morgan fingerprint density at radius 2 is 2.08 bits per heavy atom. The second-order valence-electron chi connectivity index (χ2n) is 7.08. The van der Waals surface area contributed by atoms with Crippen LogP contribution in [0.5, 0.6) is 0 Å². The molecule has 3 rings (SSSR count). The zero-order chi connectivity index (χ0) is 16.9. The van der Waals surface area contributed by atoms with E-state index < -0.39 is 0 Å². The third kappa shape index (κ3) is 4.35. The molecule has 5 heteroatoms. The van der Waals surface area contributed by atoms with Gasteiger partial charge in [0.2, 0.25) is 5.91 Å². The molecule has 2 saturated heterocycles. The fourth-order valence-electron chi connectivity index (χ4n) is 3.71. The first-order valence-electron chi connectivity index (χ1n) is 8.98. The molecule has 2 aliphatic rings. The van der Waals surface area contributed by atoms with E-state index in [2.05, 4.69) is 22.3 Å². The molecule has 0 radical (unpaired) electrons. The van der Waals surface area contributed by atoms with Crippen LogP contribution in [-0.4, -0.2) is 53.9 Å². The Labute approximate surface area is 144 Å². The van der Waals surface area contributed by atoms with Gasteiger partial charge in [0.15, 0.2) is 0 Å². The standard InChI is InChI=1S/C19H28N2O3/c1-14-7-8-18(24-14)19(23)20-17-12-21(10-9-16(17)13-22)11-15-5-3-2-4-6-15/h2-6,14,16-18,22H,7-13H2,1H3,(H,20,23). The summed E-state index contributed by atoms with van der Waals surface area (Å²) in [5.41, 5.74) is 1.28. The van der Waals surface area contributed by atoms with Gasteiger partial charge in [0, 0.05) is 31.7 Å². The summed E-state index contributed by atoms with van der Waals surface area (Å²) >= 11 is 0. The summed E-state index contributed by atoms with van der Waals surface area (Å²) in [6.07, 6.45) is 2.46. The third-order valence-electron chi connectivity index (χ3n) is 5.18. The van der Waals surface area contributed by atoms with Crippen molar-refractivity contribution in [3.05, 3.63) is 35.9 Å². The van der Waals surface area contributed by atoms with Crippen molar-refractivity contribution in [2.45, 2.75) is 51.0 Å². The van der Waals surface area contributed by atoms with E-state index in [-0.39, 0.29) is 36.7 Å². The first-order valence-corrected chi connectivity index (χ1v) is 8.98. The minimum atomic E-state index is -0.330. The summed E-state index contributed by atoms with van der Waals surface area (Å²) < 4.78 is 5.67. The van der Waals surface area contributed by atoms with Gasteiger partial charge in [-0.05, 0) is 38.3 Å². The molecule has 2 fully saturated rings. The van der Waals surface area contributed by atoms with E-state index in [0.29, 0.717) is 0 Å². The number of nitrogens with one attached hydrogen (secondary N) is 1. The molecule has 132 valence electrons. The summed E-state index contributed by atoms with van der Waals surface area (Å²) in [5, 5.41) is 12.8. The highest BCUT2D eigenvalue weighted by atomic mass is 16.5. The number of nitrogens with zero attached hydrogens (tertiary/aromatic N) is 1. The number of carbonyl (C=O) groups is 1. The molecule has 2 heterocycles. The van der Waals surface area contributed by atoms with Gasteiger partial charge in [0.25, 0.3) is 0 Å². The van der Waals surface area contributed by atoms with Crippen LogP contribution in [0.15, 0.2) is 30.3 Å². The molecule has 0 saturated carbocycles. The maximum Gasteiger partial charge on any atom is 0.249 e. The van der Waals surface area contributed by atoms with Crippen LogP contribution < -0.4 is 5.32 Å². The van der Waals surface area contributed by atoms with Crippen molar-refractivity contribution < 1.29 is 14.6 Å². The molecule has 2 aliphatic heterocycles. The van der Waals surface area contributed by atoms with E-state index in [1.54, 1.807) is 0 Å². The third-order valence-corrected chi connectivity index (χ3v) is 5.18. The van der Waals surface area contributed by atoms with Crippen molar-refractivity contribution in [3.63, 3.8) is 0 Å². The molecule has 4 unspecified atom stereocenters. The van der Waals surface area contributed by atoms with Gasteiger partial charge in [-0.3, -0.25) is 9.69 Å². The van der Waals surface area contributed by atoms with Crippen LogP contribution in [-0.2, 0) is 16.1 Å². The van der Waals surface area contributed by atoms with E-state index in [1.165, 1.54) is 5.56 Å². The Kier molecular flexibility index (Phi) is 5.87. The quantitative estimate of drug-likeness (QED) is 0.859. The summed E-state index contributed by atoms with van der Waals surface area (Å²) in [7, 11) is 0. The summed E-state index contributed by atoms with van der Waals surface area (Å²) in [4.78, 5) is 14.8. The van der Waals surface area contributed by atoms with Gasteiger partial charge in [-0.15, -0.1) is 0 Å². The molecule has 1 aromatic carbocycles. The van der Waals surface area contributed by atoms with Crippen LogP contribution in [0, 0.1) is 5.92 Å². The average Bonchev–Trinajstić information content (AvgIpc) is 3.03. The lowest BCUT2D eigenvalue weighted by Crippen LogP contribution is -2.55. The number of piperidine rings is 1. The monoisotopic (exact) mass is 332 g/mol. The van der Waals surface area contributed by atoms with Crippen molar-refractivity contribution in [2.75, 3.05) is 19.7 Å². The molecule has 4 atom stereocenters. The highest BCUT2D eigenvalue weighted by molar-refractivity contribution is 5.81. The Morgan fingerprint density at radius 1 is 1.29 bits per heavy atom. The predicted octanol–water partition coefficient (Wildman–Crippen LogP) is 1.55. The van der Waals surface area contributed by atoms with Crippen molar-refractivity contribution in [1.29, 1.82) is 0 Å². The zero-order valence-electron chi connectivity index (χ0n) is 14.4. The van der Waals surface area contributed by atoms with Crippen molar-refractivity contribution >= 4 is 5.91 Å². The molecule has 2 N–H and O–H groups in total. The maximum atomic E-state index is 12.4. The average molecular weight is 332 g/mol. The number of benzene rings is 1. The van der Waals surface area contributed by atoms with Crippen molar-refractivity contribution in [2.24, 2.45) is 5.92 Å². The SMILES string of the molecule is CC1CCC(C(=O)NC2CN(Cc3ccccc3)CCC2CO)O1. The normalized spacial score (nSPS) is 31.1. The lowest BCUT2D eigenvalue weighted by atomic mass is 9.91. The number of carbonyl (C=O) groups excluding carboxylic acids is 1. The molecule has 0 bridgehead atoms. The van der Waals surface area contributed by atoms with E-state index in [9.17, 15) is 9.90 Å². The Hall–Kier alpha value is -1.43. The maximum absolute atomic E-state index is 12.4. The van der Waals surface area contributed by atoms with E-state index in [0.717, 1.165) is 38.9 Å². The highest BCUT2D eigenvalue weighted by Gasteiger charge is 2.34. The molecule has 24 heavy (non-hydrogen) atoms. The largest absolute Gasteiger partial charge is 0.396 e. The fraction of sp³-hybridized carbons (Fsp3) is 0.632. The number of hydrogen-bond donors (Lipinski definition) is 2. The van der Waals surface area contributed by atoms with Crippen LogP contribution in [0.1, 0.15) is 31.7 Å². The van der Waals surface area contributed by atoms with Gasteiger partial charge in [0.1, 0.15) is 6.10 Å². The summed E-state index contributed by atoms with van der Waals surface area (Å²) in [6.45, 7) is 4.72. The lowest BCUT2D eigenvalue weighted by molar-refractivity contribution is -0.133. The molecule has 0 spiro atoms. The van der Waals surface area contributed by atoms with Crippen LogP contribution in [0.4, 0.5) is 0 Å². The number of likely N-dealkylation sites (tertiary alicyclic amines) is 1. The highest BCUT2D eigenvalue weighted by Crippen LogP contribution is 2.22. The molecule has 5 nitrogen and oxygen atoms in total. The van der Waals surface area contributed by atoms with Gasteiger partial charge in [-0.2, -0.15) is 0 Å². The van der Waals surface area contributed by atoms with Crippen LogP contribution in [0.2, 0.25) is 0 Å². The molecule has 1 aromatic rings. The van der Waals surface area contributed by atoms with Crippen LogP contribution in [0.3, 0.4) is 0 Å². The zero-order valence-corrected chi connectivity index (χ0v) is 14.4. The number of amides is 1. The topological polar surface area (TPSA) is 61.8 Å². The van der Waals surface area contributed by atoms with Crippen LogP contribution in [0.25, 0.3) is 0 Å². The van der Waals surface area contributed by atoms with E-state index >= 15 is 0 Å². The number of rotatable bonds is 5. The second-order valence-corrected chi connectivity index (χ2v) is 7.08. The molecule has 1 amide bonds. The van der Waals surface area contributed by atoms with Crippen molar-refractivity contribution in [1.82, 2.24) is 10.2 Å². The number of aliphatic hydroxyl groups is 1. The van der Waals surface area contributed by atoms with E-state index in [1.807, 2.05) is 25.1 Å². The van der Waals surface area contributed by atoms with E-state index in [4.69, 9.17) is 4.74 Å². The van der Waals surface area contributed by atoms with Gasteiger partial charge in [-0.1, -0.05) is 30.3 Å². The van der Waals surface area contributed by atoms with Gasteiger partial charge >= 0.3 is 0 Å². The Bertz CT molecular complexity index is 537. The molecular weight excluding hydrogens is 304 g/mol. The van der Waals surface area contributed by atoms with Gasteiger partial charge in [0.05, 0.1) is 6.10 Å². The predicted molar refractivity (Wildman–Crippen MR) is 92.4 cm³/mol. The minimum Gasteiger partial charge on any atom is -0.396 e. The number of hydrogen-bond acceptors (Lipinski definition) is 4. The molecule has 0 aliphatic carbocycles. The number of ether oxygens (including phenoxy) is 1. The lowest BCUT2D eigenvalue weighted by Gasteiger charge is -2.38. The van der Waals surface area contributed by atoms with Gasteiger partial charge < -0.3 is 15.2 Å². The van der Waals surface area contributed by atoms with Crippen molar-refractivity contribution in [3.8, 4) is 0 Å². The Balaban J connectivity index is 1.58. The first-order chi connectivity index (χ1) is 11.7. The molecular formula is C19H28N2O3.